The van der Waals surface area contributed by atoms with Crippen LogP contribution in [0.2, 0.25) is 0 Å². The molecule has 0 spiro atoms. The molecule has 0 aliphatic heterocycles. The number of fused-ring (bicyclic) bond motifs is 3. The Balaban J connectivity index is 1.70. The molecule has 0 aliphatic rings. The molecule has 0 saturated carbocycles. The Morgan fingerprint density at radius 3 is 2.17 bits per heavy atom. The fraction of sp³-hybridized carbons (Fsp3) is 0.0769. The van der Waals surface area contributed by atoms with Crippen LogP contribution in [0.4, 0.5) is 5.69 Å². The summed E-state index contributed by atoms with van der Waals surface area (Å²) in [7, 11) is 4.07. The van der Waals surface area contributed by atoms with Gasteiger partial charge in [0.1, 0.15) is 5.52 Å². The maximum absolute atomic E-state index is 9.03. The molecule has 5 aromatic rings. The molecule has 0 bridgehead atoms. The van der Waals surface area contributed by atoms with Crippen LogP contribution in [-0.4, -0.2) is 19.1 Å². The van der Waals surface area contributed by atoms with E-state index in [1.807, 2.05) is 38.4 Å². The third-order valence-electron chi connectivity index (χ3n) is 5.36. The zero-order valence-corrected chi connectivity index (χ0v) is 16.8. The molecule has 144 valence electrons. The van der Waals surface area contributed by atoms with Crippen molar-refractivity contribution in [1.82, 2.24) is 4.98 Å². The summed E-state index contributed by atoms with van der Waals surface area (Å²) in [4.78, 5) is 6.87. The van der Waals surface area contributed by atoms with Gasteiger partial charge in [-0.25, -0.2) is 4.98 Å². The van der Waals surface area contributed by atoms with Gasteiger partial charge in [-0.15, -0.1) is 0 Å². The Morgan fingerprint density at radius 2 is 1.50 bits per heavy atom. The van der Waals surface area contributed by atoms with E-state index in [0.717, 1.165) is 44.2 Å². The summed E-state index contributed by atoms with van der Waals surface area (Å²) in [5.41, 5.74) is 6.47. The summed E-state index contributed by atoms with van der Waals surface area (Å²) in [6.45, 7) is 0. The highest BCUT2D eigenvalue weighted by molar-refractivity contribution is 6.11. The van der Waals surface area contributed by atoms with Crippen molar-refractivity contribution in [2.24, 2.45) is 0 Å². The summed E-state index contributed by atoms with van der Waals surface area (Å²) in [5, 5.41) is 11.2. The normalized spacial score (nSPS) is 11.0. The predicted molar refractivity (Wildman–Crippen MR) is 121 cm³/mol. The number of rotatable bonds is 3. The van der Waals surface area contributed by atoms with Crippen LogP contribution < -0.4 is 4.90 Å². The minimum Gasteiger partial charge on any atom is -0.436 e. The van der Waals surface area contributed by atoms with Crippen LogP contribution in [0.25, 0.3) is 44.5 Å². The van der Waals surface area contributed by atoms with E-state index in [2.05, 4.69) is 53.4 Å². The van der Waals surface area contributed by atoms with Gasteiger partial charge in [0, 0.05) is 30.7 Å². The van der Waals surface area contributed by atoms with Crippen molar-refractivity contribution in [2.45, 2.75) is 0 Å². The number of oxazole rings is 1. The van der Waals surface area contributed by atoms with Gasteiger partial charge < -0.3 is 9.32 Å². The van der Waals surface area contributed by atoms with Gasteiger partial charge in [0.2, 0.25) is 5.89 Å². The lowest BCUT2D eigenvalue weighted by Crippen LogP contribution is -2.07. The second-order valence-electron chi connectivity index (χ2n) is 7.47. The van der Waals surface area contributed by atoms with E-state index in [1.165, 1.54) is 0 Å². The van der Waals surface area contributed by atoms with Crippen LogP contribution in [0.15, 0.2) is 83.3 Å². The Bertz CT molecular complexity index is 1410. The molecule has 0 atom stereocenters. The van der Waals surface area contributed by atoms with E-state index >= 15 is 0 Å². The quantitative estimate of drug-likeness (QED) is 0.366. The van der Waals surface area contributed by atoms with Gasteiger partial charge in [0.15, 0.2) is 5.58 Å². The molecular formula is C26H19N3O. The highest BCUT2D eigenvalue weighted by Gasteiger charge is 2.15. The monoisotopic (exact) mass is 389 g/mol. The van der Waals surface area contributed by atoms with E-state index in [1.54, 1.807) is 12.1 Å². The largest absolute Gasteiger partial charge is 0.436 e. The Labute approximate surface area is 174 Å². The van der Waals surface area contributed by atoms with Gasteiger partial charge in [-0.1, -0.05) is 36.4 Å². The summed E-state index contributed by atoms with van der Waals surface area (Å²) in [5.74, 6) is 0.555. The molecule has 5 rings (SSSR count). The lowest BCUT2D eigenvalue weighted by atomic mass is 9.97. The van der Waals surface area contributed by atoms with E-state index in [-0.39, 0.29) is 0 Å². The van der Waals surface area contributed by atoms with Crippen LogP contribution in [0.1, 0.15) is 5.56 Å². The first-order valence-corrected chi connectivity index (χ1v) is 9.74. The third kappa shape index (κ3) is 2.98. The lowest BCUT2D eigenvalue weighted by Gasteiger charge is -2.13. The Kier molecular flexibility index (Phi) is 4.22. The molecule has 0 aliphatic carbocycles. The highest BCUT2D eigenvalue weighted by atomic mass is 16.3. The molecule has 4 heteroatoms. The average molecular weight is 389 g/mol. The SMILES string of the molecule is CN(C)c1ccc(-c2cc3oc(-c4ccc(C#N)cc4)nc3c3ccccc23)cc1. The van der Waals surface area contributed by atoms with Crippen LogP contribution in [-0.2, 0) is 0 Å². The van der Waals surface area contributed by atoms with Gasteiger partial charge in [-0.3, -0.25) is 0 Å². The van der Waals surface area contributed by atoms with Crippen molar-refractivity contribution in [3.63, 3.8) is 0 Å². The molecule has 1 aromatic heterocycles. The number of hydrogen-bond acceptors (Lipinski definition) is 4. The number of nitrogens with zero attached hydrogens (tertiary/aromatic N) is 3. The number of aromatic nitrogens is 1. The van der Waals surface area contributed by atoms with Crippen LogP contribution in [0.5, 0.6) is 0 Å². The summed E-state index contributed by atoms with van der Waals surface area (Å²) in [6.07, 6.45) is 0. The van der Waals surface area contributed by atoms with Gasteiger partial charge >= 0.3 is 0 Å². The van der Waals surface area contributed by atoms with Gasteiger partial charge in [0.05, 0.1) is 11.6 Å². The van der Waals surface area contributed by atoms with Crippen LogP contribution in [0.3, 0.4) is 0 Å². The van der Waals surface area contributed by atoms with Crippen molar-refractivity contribution >= 4 is 27.6 Å². The second-order valence-corrected chi connectivity index (χ2v) is 7.47. The van der Waals surface area contributed by atoms with Crippen molar-refractivity contribution < 1.29 is 4.42 Å². The average Bonchev–Trinajstić information content (AvgIpc) is 3.23. The zero-order valence-electron chi connectivity index (χ0n) is 16.8. The third-order valence-corrected chi connectivity index (χ3v) is 5.36. The Morgan fingerprint density at radius 1 is 0.833 bits per heavy atom. The molecule has 0 N–H and O–H groups in total. The molecule has 0 fully saturated rings. The maximum Gasteiger partial charge on any atom is 0.227 e. The number of hydrogen-bond donors (Lipinski definition) is 0. The fourth-order valence-corrected chi connectivity index (χ4v) is 3.74. The second kappa shape index (κ2) is 7.06. The zero-order chi connectivity index (χ0) is 20.7. The standard InChI is InChI=1S/C26H19N3O/c1-29(2)20-13-11-18(12-14-20)23-15-24-25(22-6-4-3-5-21(22)23)28-26(30-24)19-9-7-17(16-27)8-10-19/h3-15H,1-2H3. The van der Waals surface area contributed by atoms with Gasteiger partial charge in [0.25, 0.3) is 0 Å². The van der Waals surface area contributed by atoms with Gasteiger partial charge in [-0.05, 0) is 59.0 Å². The van der Waals surface area contributed by atoms with Crippen LogP contribution in [0, 0.1) is 11.3 Å². The minimum absolute atomic E-state index is 0.555. The molecule has 0 radical (unpaired) electrons. The fourth-order valence-electron chi connectivity index (χ4n) is 3.74. The van der Waals surface area contributed by atoms with Crippen molar-refractivity contribution in [1.29, 1.82) is 5.26 Å². The van der Waals surface area contributed by atoms with Crippen molar-refractivity contribution in [2.75, 3.05) is 19.0 Å². The topological polar surface area (TPSA) is 53.1 Å². The predicted octanol–water partition coefficient (Wildman–Crippen LogP) is 6.25. The van der Waals surface area contributed by atoms with Gasteiger partial charge in [-0.2, -0.15) is 5.26 Å². The molecule has 4 aromatic carbocycles. The molecule has 1 heterocycles. The number of benzene rings is 4. The van der Waals surface area contributed by atoms with Crippen molar-refractivity contribution in [3.05, 3.63) is 84.4 Å². The molecule has 0 amide bonds. The first kappa shape index (κ1) is 18.0. The first-order chi connectivity index (χ1) is 14.6. The summed E-state index contributed by atoms with van der Waals surface area (Å²) in [6, 6.07) is 28.3. The van der Waals surface area contributed by atoms with E-state index in [4.69, 9.17) is 14.7 Å². The summed E-state index contributed by atoms with van der Waals surface area (Å²) >= 11 is 0. The highest BCUT2D eigenvalue weighted by Crippen LogP contribution is 2.37. The molecule has 0 unspecified atom stereocenters. The molecule has 30 heavy (non-hydrogen) atoms. The molecular weight excluding hydrogens is 370 g/mol. The maximum atomic E-state index is 9.03. The van der Waals surface area contributed by atoms with E-state index in [9.17, 15) is 0 Å². The Hall–Kier alpha value is -4.10. The van der Waals surface area contributed by atoms with Crippen molar-refractivity contribution in [3.8, 4) is 28.7 Å². The van der Waals surface area contributed by atoms with E-state index < -0.39 is 0 Å². The molecule has 4 nitrogen and oxygen atoms in total. The molecule has 0 saturated heterocycles. The van der Waals surface area contributed by atoms with Crippen LogP contribution >= 0.6 is 0 Å². The first-order valence-electron chi connectivity index (χ1n) is 9.74. The minimum atomic E-state index is 0.555. The number of anilines is 1. The summed E-state index contributed by atoms with van der Waals surface area (Å²) < 4.78 is 6.16. The smallest absolute Gasteiger partial charge is 0.227 e. The number of nitriles is 1. The lowest BCUT2D eigenvalue weighted by molar-refractivity contribution is 0.620. The van der Waals surface area contributed by atoms with E-state index in [0.29, 0.717) is 11.5 Å².